The van der Waals surface area contributed by atoms with Gasteiger partial charge in [0.05, 0.1) is 0 Å². The van der Waals surface area contributed by atoms with Crippen LogP contribution in [0.15, 0.2) is 36.4 Å². The van der Waals surface area contributed by atoms with Crippen molar-refractivity contribution in [3.8, 4) is 0 Å². The monoisotopic (exact) mass is 184 g/mol. The van der Waals surface area contributed by atoms with E-state index in [2.05, 4.69) is 41.3 Å². The highest BCUT2D eigenvalue weighted by atomic mass is 15.1. The Balaban J connectivity index is 2.11. The van der Waals surface area contributed by atoms with E-state index in [0.29, 0.717) is 0 Å². The van der Waals surface area contributed by atoms with E-state index >= 15 is 0 Å². The fraction of sp³-hybridized carbons (Fsp3) is 0.308. The number of anilines is 1. The molecule has 1 heterocycles. The number of fused-ring (bicyclic) bond motifs is 1. The molecule has 0 spiro atoms. The van der Waals surface area contributed by atoms with E-state index in [4.69, 9.17) is 0 Å². The molecular weight excluding hydrogens is 170 g/mol. The van der Waals surface area contributed by atoms with Gasteiger partial charge < -0.3 is 4.90 Å². The Labute approximate surface area is 84.3 Å². The molecule has 14 heavy (non-hydrogen) atoms. The summed E-state index contributed by atoms with van der Waals surface area (Å²) < 4.78 is 0. The standard InChI is InChI=1S/C13H14N/c1-2-6-12-11(5-1)7-8-13(12)14-9-3-4-10-14/h1-2,5-8H,3-4,9-10H2/q-1. The molecule has 1 nitrogen and oxygen atoms in total. The zero-order valence-corrected chi connectivity index (χ0v) is 8.24. The van der Waals surface area contributed by atoms with Gasteiger partial charge in [-0.15, -0.1) is 41.8 Å². The smallest absolute Gasteiger partial charge is 0.00998 e. The van der Waals surface area contributed by atoms with Crippen molar-refractivity contribution in [3.63, 3.8) is 0 Å². The minimum atomic E-state index is 1.23. The van der Waals surface area contributed by atoms with Crippen LogP contribution in [0.1, 0.15) is 12.8 Å². The largest absolute Gasteiger partial charge is 0.408 e. The Kier molecular flexibility index (Phi) is 1.76. The molecular formula is C13H14N-. The topological polar surface area (TPSA) is 3.24 Å². The normalized spacial score (nSPS) is 16.7. The maximum Gasteiger partial charge on any atom is 0.00998 e. The lowest BCUT2D eigenvalue weighted by Crippen LogP contribution is -2.16. The van der Waals surface area contributed by atoms with Crippen molar-refractivity contribution >= 4 is 16.5 Å². The molecule has 1 aliphatic heterocycles. The second kappa shape index (κ2) is 3.09. The van der Waals surface area contributed by atoms with Crippen molar-refractivity contribution in [2.45, 2.75) is 12.8 Å². The lowest BCUT2D eigenvalue weighted by Gasteiger charge is -2.21. The number of nitrogens with zero attached hydrogens (tertiary/aromatic N) is 1. The summed E-state index contributed by atoms with van der Waals surface area (Å²) in [5.41, 5.74) is 1.43. The first kappa shape index (κ1) is 7.98. The second-order valence-corrected chi connectivity index (χ2v) is 4.00. The highest BCUT2D eigenvalue weighted by Gasteiger charge is 2.10. The van der Waals surface area contributed by atoms with Crippen LogP contribution in [0.5, 0.6) is 0 Å². The van der Waals surface area contributed by atoms with E-state index in [0.717, 1.165) is 0 Å². The lowest BCUT2D eigenvalue weighted by atomic mass is 10.2. The van der Waals surface area contributed by atoms with Crippen LogP contribution >= 0.6 is 0 Å². The fourth-order valence-corrected chi connectivity index (χ4v) is 2.37. The van der Waals surface area contributed by atoms with Gasteiger partial charge >= 0.3 is 0 Å². The molecule has 3 rings (SSSR count). The first-order valence-corrected chi connectivity index (χ1v) is 5.34. The van der Waals surface area contributed by atoms with Crippen LogP contribution in [-0.2, 0) is 0 Å². The number of rotatable bonds is 1. The van der Waals surface area contributed by atoms with Crippen molar-refractivity contribution in [1.29, 1.82) is 0 Å². The van der Waals surface area contributed by atoms with Gasteiger partial charge in [0.15, 0.2) is 0 Å². The molecule has 0 atom stereocenters. The zero-order valence-electron chi connectivity index (χ0n) is 8.24. The summed E-state index contributed by atoms with van der Waals surface area (Å²) in [6.07, 6.45) is 2.69. The van der Waals surface area contributed by atoms with Gasteiger partial charge in [0.1, 0.15) is 0 Å². The van der Waals surface area contributed by atoms with Crippen LogP contribution in [0.4, 0.5) is 5.69 Å². The lowest BCUT2D eigenvalue weighted by molar-refractivity contribution is 0.949. The molecule has 1 fully saturated rings. The van der Waals surface area contributed by atoms with Crippen LogP contribution in [0.25, 0.3) is 10.8 Å². The van der Waals surface area contributed by atoms with Crippen molar-refractivity contribution in [1.82, 2.24) is 0 Å². The van der Waals surface area contributed by atoms with Gasteiger partial charge in [0, 0.05) is 13.1 Å². The van der Waals surface area contributed by atoms with Gasteiger partial charge in [-0.05, 0) is 12.8 Å². The molecule has 2 aromatic carbocycles. The quantitative estimate of drug-likeness (QED) is 0.615. The molecule has 72 valence electrons. The summed E-state index contributed by atoms with van der Waals surface area (Å²) in [5, 5.41) is 2.78. The van der Waals surface area contributed by atoms with Gasteiger partial charge in [-0.3, -0.25) is 0 Å². The Morgan fingerprint density at radius 1 is 1.00 bits per heavy atom. The Hall–Kier alpha value is -1.37. The van der Waals surface area contributed by atoms with Gasteiger partial charge in [-0.1, -0.05) is 11.1 Å². The summed E-state index contributed by atoms with van der Waals surface area (Å²) in [5.74, 6) is 0. The molecule has 0 aliphatic carbocycles. The van der Waals surface area contributed by atoms with Gasteiger partial charge in [-0.2, -0.15) is 0 Å². The van der Waals surface area contributed by atoms with E-state index in [1.165, 1.54) is 42.4 Å². The van der Waals surface area contributed by atoms with Crippen LogP contribution in [0, 0.1) is 0 Å². The van der Waals surface area contributed by atoms with Crippen molar-refractivity contribution in [2.24, 2.45) is 0 Å². The minimum Gasteiger partial charge on any atom is -0.408 e. The highest BCUT2D eigenvalue weighted by Crippen LogP contribution is 2.30. The van der Waals surface area contributed by atoms with Gasteiger partial charge in [-0.25, -0.2) is 0 Å². The van der Waals surface area contributed by atoms with Crippen LogP contribution in [0.3, 0.4) is 0 Å². The Morgan fingerprint density at radius 2 is 1.86 bits per heavy atom. The molecule has 1 heteroatoms. The van der Waals surface area contributed by atoms with E-state index in [9.17, 15) is 0 Å². The molecule has 0 unspecified atom stereocenters. The number of benzene rings is 1. The maximum atomic E-state index is 2.50. The molecule has 0 bridgehead atoms. The third-order valence-electron chi connectivity index (χ3n) is 3.10. The Morgan fingerprint density at radius 3 is 2.71 bits per heavy atom. The highest BCUT2D eigenvalue weighted by molar-refractivity contribution is 5.96. The first-order valence-electron chi connectivity index (χ1n) is 5.34. The first-order chi connectivity index (χ1) is 6.95. The maximum absolute atomic E-state index is 2.50. The van der Waals surface area contributed by atoms with E-state index in [1.807, 2.05) is 0 Å². The summed E-state index contributed by atoms with van der Waals surface area (Å²) in [7, 11) is 0. The molecule has 0 saturated carbocycles. The summed E-state index contributed by atoms with van der Waals surface area (Å²) in [6.45, 7) is 2.46. The second-order valence-electron chi connectivity index (χ2n) is 4.00. The van der Waals surface area contributed by atoms with E-state index < -0.39 is 0 Å². The summed E-state index contributed by atoms with van der Waals surface area (Å²) >= 11 is 0. The minimum absolute atomic E-state index is 1.23. The third kappa shape index (κ3) is 1.12. The molecule has 0 aromatic heterocycles. The third-order valence-corrected chi connectivity index (χ3v) is 3.10. The SMILES string of the molecule is c1cc[c-]2ccc(N3CCCC3)c2c1. The zero-order chi connectivity index (χ0) is 9.38. The fourth-order valence-electron chi connectivity index (χ4n) is 2.37. The average molecular weight is 184 g/mol. The van der Waals surface area contributed by atoms with Gasteiger partial charge in [0.2, 0.25) is 0 Å². The molecule has 0 radical (unpaired) electrons. The van der Waals surface area contributed by atoms with Gasteiger partial charge in [0.25, 0.3) is 0 Å². The average Bonchev–Trinajstić information content (AvgIpc) is 2.85. The van der Waals surface area contributed by atoms with Crippen molar-refractivity contribution in [2.75, 3.05) is 18.0 Å². The molecule has 0 amide bonds. The molecule has 1 aliphatic rings. The van der Waals surface area contributed by atoms with Crippen molar-refractivity contribution < 1.29 is 0 Å². The van der Waals surface area contributed by atoms with Crippen LogP contribution < -0.4 is 4.90 Å². The summed E-state index contributed by atoms with van der Waals surface area (Å²) in [4.78, 5) is 2.50. The Bertz CT molecular complexity index is 435. The van der Waals surface area contributed by atoms with Crippen molar-refractivity contribution in [3.05, 3.63) is 36.4 Å². The predicted octanol–water partition coefficient (Wildman–Crippen LogP) is 3.16. The molecule has 1 saturated heterocycles. The predicted molar refractivity (Wildman–Crippen MR) is 61.0 cm³/mol. The van der Waals surface area contributed by atoms with E-state index in [-0.39, 0.29) is 0 Å². The van der Waals surface area contributed by atoms with Crippen LogP contribution in [-0.4, -0.2) is 13.1 Å². The number of hydrogen-bond donors (Lipinski definition) is 0. The molecule has 0 N–H and O–H groups in total. The van der Waals surface area contributed by atoms with E-state index in [1.54, 1.807) is 0 Å². The molecule has 2 aromatic rings. The van der Waals surface area contributed by atoms with Crippen LogP contribution in [0.2, 0.25) is 0 Å². The summed E-state index contributed by atoms with van der Waals surface area (Å²) in [6, 6.07) is 13.1. The number of hydrogen-bond acceptors (Lipinski definition) is 1.